The van der Waals surface area contributed by atoms with Gasteiger partial charge >= 0.3 is 0 Å². The molecule has 1 aromatic rings. The first-order valence-electron chi connectivity index (χ1n) is 10.2. The molecular formula is C22H34N2O3. The molecule has 150 valence electrons. The summed E-state index contributed by atoms with van der Waals surface area (Å²) >= 11 is 0. The van der Waals surface area contributed by atoms with E-state index >= 15 is 0 Å². The van der Waals surface area contributed by atoms with Gasteiger partial charge in [-0.2, -0.15) is 0 Å². The molecule has 5 nitrogen and oxygen atoms in total. The summed E-state index contributed by atoms with van der Waals surface area (Å²) in [6.45, 7) is 5.68. The first kappa shape index (κ1) is 21.3. The van der Waals surface area contributed by atoms with Crippen molar-refractivity contribution in [2.24, 2.45) is 5.92 Å². The van der Waals surface area contributed by atoms with Crippen LogP contribution in [0.4, 0.5) is 0 Å². The minimum atomic E-state index is -0.259. The number of hydrogen-bond donors (Lipinski definition) is 0. The molecule has 1 heterocycles. The van der Waals surface area contributed by atoms with Gasteiger partial charge in [-0.05, 0) is 25.3 Å². The molecule has 1 aromatic carbocycles. The molecule has 2 unspecified atom stereocenters. The number of carbonyl (C=O) groups excluding carboxylic acids is 2. The highest BCUT2D eigenvalue weighted by molar-refractivity contribution is 5.85. The fraction of sp³-hybridized carbons (Fsp3) is 0.636. The van der Waals surface area contributed by atoms with E-state index in [1.807, 2.05) is 41.1 Å². The third kappa shape index (κ3) is 5.02. The number of benzene rings is 1. The molecule has 2 rings (SSSR count). The topological polar surface area (TPSA) is 49.9 Å². The summed E-state index contributed by atoms with van der Waals surface area (Å²) in [6, 6.07) is 7.53. The Morgan fingerprint density at radius 1 is 1.22 bits per heavy atom. The van der Waals surface area contributed by atoms with Crippen molar-refractivity contribution in [1.82, 2.24) is 9.80 Å². The number of piperidine rings is 1. The van der Waals surface area contributed by atoms with Gasteiger partial charge in [0, 0.05) is 32.1 Å². The Morgan fingerprint density at radius 3 is 2.59 bits per heavy atom. The highest BCUT2D eigenvalue weighted by Crippen LogP contribution is 2.41. The average molecular weight is 375 g/mol. The number of carbonyl (C=O) groups is 2. The third-order valence-electron chi connectivity index (χ3n) is 5.46. The largest absolute Gasteiger partial charge is 0.496 e. The molecule has 5 heteroatoms. The van der Waals surface area contributed by atoms with Gasteiger partial charge in [-0.3, -0.25) is 9.59 Å². The Kier molecular flexibility index (Phi) is 8.14. The zero-order chi connectivity index (χ0) is 19.8. The average Bonchev–Trinajstić information content (AvgIpc) is 2.70. The number of likely N-dealkylation sites (tertiary alicyclic amines) is 1. The Labute approximate surface area is 163 Å². The molecule has 2 amide bonds. The molecule has 1 aliphatic heterocycles. The third-order valence-corrected chi connectivity index (χ3v) is 5.46. The first-order valence-corrected chi connectivity index (χ1v) is 10.2. The van der Waals surface area contributed by atoms with Gasteiger partial charge < -0.3 is 14.5 Å². The first-order chi connectivity index (χ1) is 13.0. The van der Waals surface area contributed by atoms with Crippen molar-refractivity contribution in [3.8, 4) is 5.75 Å². The van der Waals surface area contributed by atoms with Crippen molar-refractivity contribution < 1.29 is 14.3 Å². The fourth-order valence-corrected chi connectivity index (χ4v) is 3.89. The van der Waals surface area contributed by atoms with E-state index in [4.69, 9.17) is 4.74 Å². The Bertz CT molecular complexity index is 632. The van der Waals surface area contributed by atoms with Gasteiger partial charge in [0.2, 0.25) is 11.8 Å². The highest BCUT2D eigenvalue weighted by atomic mass is 16.5. The van der Waals surface area contributed by atoms with E-state index in [0.29, 0.717) is 19.4 Å². The fourth-order valence-electron chi connectivity index (χ4n) is 3.89. The van der Waals surface area contributed by atoms with Gasteiger partial charge in [-0.25, -0.2) is 0 Å². The summed E-state index contributed by atoms with van der Waals surface area (Å²) in [4.78, 5) is 29.8. The maximum atomic E-state index is 13.3. The van der Waals surface area contributed by atoms with Crippen LogP contribution in [0, 0.1) is 5.92 Å². The molecule has 1 saturated heterocycles. The number of methoxy groups -OCH3 is 1. The zero-order valence-electron chi connectivity index (χ0n) is 17.2. The lowest BCUT2D eigenvalue weighted by molar-refractivity contribution is -0.147. The quantitative estimate of drug-likeness (QED) is 0.656. The van der Waals surface area contributed by atoms with Crippen molar-refractivity contribution in [3.63, 3.8) is 0 Å². The normalized spacial score (nSPS) is 19.9. The molecular weight excluding hydrogens is 340 g/mol. The predicted octanol–water partition coefficient (Wildman–Crippen LogP) is 4.03. The van der Waals surface area contributed by atoms with E-state index in [9.17, 15) is 9.59 Å². The maximum absolute atomic E-state index is 13.3. The van der Waals surface area contributed by atoms with Crippen LogP contribution in [0.3, 0.4) is 0 Å². The van der Waals surface area contributed by atoms with Crippen molar-refractivity contribution in [3.05, 3.63) is 29.8 Å². The summed E-state index contributed by atoms with van der Waals surface area (Å²) in [7, 11) is 3.52. The maximum Gasteiger partial charge on any atom is 0.227 e. The summed E-state index contributed by atoms with van der Waals surface area (Å²) in [5, 5.41) is 0. The monoisotopic (exact) mass is 374 g/mol. The van der Waals surface area contributed by atoms with Crippen molar-refractivity contribution in [2.75, 3.05) is 27.2 Å². The van der Waals surface area contributed by atoms with E-state index in [2.05, 4.69) is 13.8 Å². The van der Waals surface area contributed by atoms with Crippen LogP contribution in [0.15, 0.2) is 24.3 Å². The van der Waals surface area contributed by atoms with Crippen LogP contribution in [0.5, 0.6) is 5.75 Å². The molecule has 1 aliphatic rings. The van der Waals surface area contributed by atoms with Crippen LogP contribution in [0.25, 0.3) is 0 Å². The predicted molar refractivity (Wildman–Crippen MR) is 108 cm³/mol. The highest BCUT2D eigenvalue weighted by Gasteiger charge is 2.42. The van der Waals surface area contributed by atoms with Gasteiger partial charge in [0.25, 0.3) is 0 Å². The van der Waals surface area contributed by atoms with Crippen LogP contribution in [0.2, 0.25) is 0 Å². The lowest BCUT2D eigenvalue weighted by atomic mass is 9.82. The lowest BCUT2D eigenvalue weighted by Crippen LogP contribution is -2.48. The molecule has 0 aliphatic carbocycles. The van der Waals surface area contributed by atoms with E-state index in [-0.39, 0.29) is 23.8 Å². The molecule has 0 spiro atoms. The van der Waals surface area contributed by atoms with E-state index in [1.165, 1.54) is 0 Å². The molecule has 0 radical (unpaired) electrons. The van der Waals surface area contributed by atoms with Crippen LogP contribution in [-0.4, -0.2) is 48.9 Å². The van der Waals surface area contributed by atoms with Gasteiger partial charge in [0.15, 0.2) is 0 Å². The Morgan fingerprint density at radius 2 is 1.93 bits per heavy atom. The van der Waals surface area contributed by atoms with Crippen LogP contribution in [0.1, 0.15) is 64.0 Å². The molecule has 1 fully saturated rings. The second-order valence-electron chi connectivity index (χ2n) is 7.39. The zero-order valence-corrected chi connectivity index (χ0v) is 17.2. The number of hydrogen-bond acceptors (Lipinski definition) is 3. The Hall–Kier alpha value is -2.04. The Balaban J connectivity index is 2.40. The molecule has 0 bridgehead atoms. The van der Waals surface area contributed by atoms with Crippen molar-refractivity contribution in [2.45, 2.75) is 58.4 Å². The summed E-state index contributed by atoms with van der Waals surface area (Å²) in [5.74, 6) is 0.790. The van der Waals surface area contributed by atoms with Crippen LogP contribution in [-0.2, 0) is 9.59 Å². The summed E-state index contributed by atoms with van der Waals surface area (Å²) < 4.78 is 5.58. The SMILES string of the molecule is CCCCN(C)C(=O)C1CCC(=O)N(CCCC)C1c1ccccc1OC. The smallest absolute Gasteiger partial charge is 0.227 e. The van der Waals surface area contributed by atoms with E-state index in [0.717, 1.165) is 43.5 Å². The van der Waals surface area contributed by atoms with E-state index in [1.54, 1.807) is 7.11 Å². The molecule has 0 aromatic heterocycles. The van der Waals surface area contributed by atoms with E-state index < -0.39 is 0 Å². The van der Waals surface area contributed by atoms with Crippen LogP contribution < -0.4 is 4.74 Å². The molecule has 27 heavy (non-hydrogen) atoms. The minimum absolute atomic E-state index is 0.133. The lowest BCUT2D eigenvalue weighted by Gasteiger charge is -2.42. The number of para-hydroxylation sites is 1. The number of unbranched alkanes of at least 4 members (excludes halogenated alkanes) is 2. The van der Waals surface area contributed by atoms with Gasteiger partial charge in [-0.1, -0.05) is 44.9 Å². The second kappa shape index (κ2) is 10.3. The summed E-state index contributed by atoms with van der Waals surface area (Å²) in [5.41, 5.74) is 0.936. The second-order valence-corrected chi connectivity index (χ2v) is 7.39. The molecule has 2 atom stereocenters. The number of nitrogens with zero attached hydrogens (tertiary/aromatic N) is 2. The van der Waals surface area contributed by atoms with Crippen molar-refractivity contribution in [1.29, 1.82) is 0 Å². The van der Waals surface area contributed by atoms with Gasteiger partial charge in [0.05, 0.1) is 19.1 Å². The van der Waals surface area contributed by atoms with Crippen molar-refractivity contribution >= 4 is 11.8 Å². The molecule has 0 saturated carbocycles. The standard InChI is InChI=1S/C22H34N2O3/c1-5-7-15-23(3)22(26)18-13-14-20(25)24(16-8-6-2)21(18)17-11-9-10-12-19(17)27-4/h9-12,18,21H,5-8,13-16H2,1-4H3. The number of rotatable bonds is 9. The van der Waals surface area contributed by atoms with Crippen LogP contribution >= 0.6 is 0 Å². The van der Waals surface area contributed by atoms with Gasteiger partial charge in [-0.15, -0.1) is 0 Å². The molecule has 0 N–H and O–H groups in total. The minimum Gasteiger partial charge on any atom is -0.496 e. The number of ether oxygens (including phenoxy) is 1. The summed E-state index contributed by atoms with van der Waals surface area (Å²) in [6.07, 6.45) is 5.03. The number of amides is 2. The van der Waals surface area contributed by atoms with Gasteiger partial charge in [0.1, 0.15) is 5.75 Å².